The highest BCUT2D eigenvalue weighted by atomic mass is 79.9. The second kappa shape index (κ2) is 8.14. The second-order valence-corrected chi connectivity index (χ2v) is 5.14. The number of benzene rings is 1. The molecule has 0 fully saturated rings. The minimum Gasteiger partial charge on any atom is -0.496 e. The van der Waals surface area contributed by atoms with E-state index in [0.717, 1.165) is 23.2 Å². The lowest BCUT2D eigenvalue weighted by molar-refractivity contribution is -0.137. The fourth-order valence-electron chi connectivity index (χ4n) is 1.68. The molecule has 1 rings (SSSR count). The van der Waals surface area contributed by atoms with Crippen molar-refractivity contribution in [1.29, 1.82) is 0 Å². The van der Waals surface area contributed by atoms with Crippen molar-refractivity contribution in [2.45, 2.75) is 18.9 Å². The number of nitrogens with two attached hydrogens (primary N) is 1. The van der Waals surface area contributed by atoms with E-state index in [9.17, 15) is 4.79 Å². The lowest BCUT2D eigenvalue weighted by atomic mass is 10.1. The van der Waals surface area contributed by atoms with Gasteiger partial charge in [-0.2, -0.15) is 0 Å². The molecule has 5 nitrogen and oxygen atoms in total. The molecule has 0 radical (unpaired) electrons. The number of hydrogen-bond donors (Lipinski definition) is 3. The molecule has 0 aromatic heterocycles. The molecule has 1 atom stereocenters. The zero-order valence-electron chi connectivity index (χ0n) is 10.9. The van der Waals surface area contributed by atoms with Gasteiger partial charge in [0.15, 0.2) is 0 Å². The van der Waals surface area contributed by atoms with Crippen molar-refractivity contribution in [2.75, 3.05) is 20.2 Å². The number of ether oxygens (including phenoxy) is 1. The van der Waals surface area contributed by atoms with Gasteiger partial charge in [0.2, 0.25) is 0 Å². The van der Waals surface area contributed by atoms with Crippen LogP contribution in [0.25, 0.3) is 0 Å². The summed E-state index contributed by atoms with van der Waals surface area (Å²) in [6, 6.07) is 5.58. The molecule has 0 aliphatic carbocycles. The molecular formula is C13H19BrN2O3. The number of hydrogen-bond acceptors (Lipinski definition) is 4. The molecule has 1 unspecified atom stereocenters. The summed E-state index contributed by atoms with van der Waals surface area (Å²) in [7, 11) is 1.63. The van der Waals surface area contributed by atoms with Gasteiger partial charge in [-0.3, -0.25) is 4.79 Å². The van der Waals surface area contributed by atoms with Crippen LogP contribution < -0.4 is 15.8 Å². The molecule has 1 aromatic carbocycles. The van der Waals surface area contributed by atoms with Crippen molar-refractivity contribution in [3.63, 3.8) is 0 Å². The molecule has 0 bridgehead atoms. The topological polar surface area (TPSA) is 84.6 Å². The van der Waals surface area contributed by atoms with Gasteiger partial charge in [0.05, 0.1) is 18.0 Å². The fourth-order valence-corrected chi connectivity index (χ4v) is 2.27. The summed E-state index contributed by atoms with van der Waals surface area (Å²) in [5.74, 6) is -0.0615. The van der Waals surface area contributed by atoms with E-state index in [0.29, 0.717) is 6.54 Å². The van der Waals surface area contributed by atoms with Crippen LogP contribution in [0.2, 0.25) is 0 Å². The van der Waals surface area contributed by atoms with Crippen LogP contribution in [0.1, 0.15) is 12.0 Å². The number of halogens is 1. The Hall–Kier alpha value is -1.11. The molecule has 0 aliphatic rings. The summed E-state index contributed by atoms with van der Waals surface area (Å²) < 4.78 is 6.09. The third-order valence-corrected chi connectivity index (χ3v) is 3.27. The summed E-state index contributed by atoms with van der Waals surface area (Å²) in [5.41, 5.74) is 6.82. The summed E-state index contributed by atoms with van der Waals surface area (Å²) in [6.45, 7) is 1.26. The highest BCUT2D eigenvalue weighted by Crippen LogP contribution is 2.25. The summed E-state index contributed by atoms with van der Waals surface area (Å²) >= 11 is 3.44. The first-order valence-corrected chi connectivity index (χ1v) is 6.82. The third kappa shape index (κ3) is 6.04. The first-order chi connectivity index (χ1) is 9.02. The van der Waals surface area contributed by atoms with Crippen LogP contribution in [0.15, 0.2) is 22.7 Å². The van der Waals surface area contributed by atoms with Gasteiger partial charge in [0.25, 0.3) is 0 Å². The van der Waals surface area contributed by atoms with E-state index in [4.69, 9.17) is 15.6 Å². The third-order valence-electron chi connectivity index (χ3n) is 2.65. The number of carboxylic acid groups (broad SMARTS) is 1. The monoisotopic (exact) mass is 330 g/mol. The number of nitrogens with one attached hydrogen (secondary N) is 1. The maximum atomic E-state index is 10.4. The first kappa shape index (κ1) is 15.9. The van der Waals surface area contributed by atoms with E-state index in [-0.39, 0.29) is 12.5 Å². The molecule has 4 N–H and O–H groups in total. The van der Waals surface area contributed by atoms with E-state index >= 15 is 0 Å². The van der Waals surface area contributed by atoms with Gasteiger partial charge in [-0.1, -0.05) is 6.07 Å². The molecule has 0 saturated heterocycles. The molecule has 106 valence electrons. The van der Waals surface area contributed by atoms with Crippen LogP contribution >= 0.6 is 15.9 Å². The van der Waals surface area contributed by atoms with Crippen molar-refractivity contribution >= 4 is 21.9 Å². The Morgan fingerprint density at radius 1 is 1.58 bits per heavy atom. The standard InChI is InChI=1S/C13H19BrN2O3/c1-19-12-3-2-9(6-11(12)14)4-5-16-8-10(15)7-13(17)18/h2-3,6,10,16H,4-5,7-8,15H2,1H3,(H,17,18). The van der Waals surface area contributed by atoms with Gasteiger partial charge >= 0.3 is 5.97 Å². The number of rotatable bonds is 8. The quantitative estimate of drug-likeness (QED) is 0.627. The number of carboxylic acids is 1. The van der Waals surface area contributed by atoms with E-state index in [1.54, 1.807) is 7.11 Å². The molecule has 0 saturated carbocycles. The van der Waals surface area contributed by atoms with Crippen molar-refractivity contribution < 1.29 is 14.6 Å². The molecule has 1 aromatic rings. The van der Waals surface area contributed by atoms with Crippen LogP contribution in [0.5, 0.6) is 5.75 Å². The Kier molecular flexibility index (Phi) is 6.83. The predicted molar refractivity (Wildman–Crippen MR) is 77.5 cm³/mol. The molecule has 19 heavy (non-hydrogen) atoms. The highest BCUT2D eigenvalue weighted by molar-refractivity contribution is 9.10. The lowest BCUT2D eigenvalue weighted by Crippen LogP contribution is -2.36. The Bertz CT molecular complexity index is 426. The second-order valence-electron chi connectivity index (χ2n) is 4.28. The van der Waals surface area contributed by atoms with Crippen molar-refractivity contribution in [2.24, 2.45) is 5.73 Å². The predicted octanol–water partition coefficient (Wildman–Crippen LogP) is 1.39. The van der Waals surface area contributed by atoms with E-state index < -0.39 is 5.97 Å². The Labute approximate surface area is 121 Å². The molecule has 0 aliphatic heterocycles. The zero-order valence-corrected chi connectivity index (χ0v) is 12.4. The average Bonchev–Trinajstić information content (AvgIpc) is 2.34. The fraction of sp³-hybridized carbons (Fsp3) is 0.462. The molecule has 0 heterocycles. The normalized spacial score (nSPS) is 12.2. The molecular weight excluding hydrogens is 312 g/mol. The SMILES string of the molecule is COc1ccc(CCNCC(N)CC(=O)O)cc1Br. The number of aliphatic carboxylic acids is 1. The molecule has 0 amide bonds. The minimum absolute atomic E-state index is 0.0128. The van der Waals surface area contributed by atoms with Crippen LogP contribution in [-0.2, 0) is 11.2 Å². The lowest BCUT2D eigenvalue weighted by Gasteiger charge is -2.11. The first-order valence-electron chi connectivity index (χ1n) is 6.03. The van der Waals surface area contributed by atoms with Gasteiger partial charge in [-0.25, -0.2) is 0 Å². The van der Waals surface area contributed by atoms with E-state index in [1.165, 1.54) is 5.56 Å². The summed E-state index contributed by atoms with van der Waals surface area (Å²) in [5, 5.41) is 11.7. The number of methoxy groups -OCH3 is 1. The molecule has 6 heteroatoms. The highest BCUT2D eigenvalue weighted by Gasteiger charge is 2.07. The average molecular weight is 331 g/mol. The van der Waals surface area contributed by atoms with Gasteiger partial charge in [-0.05, 0) is 46.6 Å². The van der Waals surface area contributed by atoms with Gasteiger partial charge in [0, 0.05) is 12.6 Å². The minimum atomic E-state index is -0.867. The largest absolute Gasteiger partial charge is 0.496 e. The van der Waals surface area contributed by atoms with Crippen LogP contribution in [0.4, 0.5) is 0 Å². The van der Waals surface area contributed by atoms with E-state index in [1.807, 2.05) is 18.2 Å². The van der Waals surface area contributed by atoms with Crippen LogP contribution in [-0.4, -0.2) is 37.3 Å². The maximum absolute atomic E-state index is 10.4. The van der Waals surface area contributed by atoms with Crippen molar-refractivity contribution in [3.05, 3.63) is 28.2 Å². The smallest absolute Gasteiger partial charge is 0.304 e. The van der Waals surface area contributed by atoms with Gasteiger partial charge in [0.1, 0.15) is 5.75 Å². The van der Waals surface area contributed by atoms with Crippen LogP contribution in [0, 0.1) is 0 Å². The maximum Gasteiger partial charge on any atom is 0.304 e. The molecule has 0 spiro atoms. The zero-order chi connectivity index (χ0) is 14.3. The van der Waals surface area contributed by atoms with Gasteiger partial charge < -0.3 is 20.9 Å². The summed E-state index contributed by atoms with van der Waals surface area (Å²) in [6.07, 6.45) is 0.837. The van der Waals surface area contributed by atoms with Crippen LogP contribution in [0.3, 0.4) is 0 Å². The Morgan fingerprint density at radius 3 is 2.89 bits per heavy atom. The Morgan fingerprint density at radius 2 is 2.32 bits per heavy atom. The van der Waals surface area contributed by atoms with Gasteiger partial charge in [-0.15, -0.1) is 0 Å². The number of carbonyl (C=O) groups is 1. The van der Waals surface area contributed by atoms with Crippen molar-refractivity contribution in [1.82, 2.24) is 5.32 Å². The summed E-state index contributed by atoms with van der Waals surface area (Å²) in [4.78, 5) is 10.4. The van der Waals surface area contributed by atoms with E-state index in [2.05, 4.69) is 21.2 Å². The Balaban J connectivity index is 2.29. The van der Waals surface area contributed by atoms with Crippen molar-refractivity contribution in [3.8, 4) is 5.75 Å².